The Bertz CT molecular complexity index is 921. The zero-order valence-corrected chi connectivity index (χ0v) is 23.6. The van der Waals surface area contributed by atoms with Crippen molar-refractivity contribution in [3.05, 3.63) is 58.7 Å². The summed E-state index contributed by atoms with van der Waals surface area (Å²) in [6.45, 7) is 25.6. The smallest absolute Gasteiger partial charge is 0.391 e. The predicted molar refractivity (Wildman–Crippen MR) is 141 cm³/mol. The van der Waals surface area contributed by atoms with Crippen molar-refractivity contribution in [2.24, 2.45) is 0 Å². The number of benzene rings is 2. The molecule has 0 spiro atoms. The summed E-state index contributed by atoms with van der Waals surface area (Å²) in [5.41, 5.74) is 4.56. The van der Waals surface area contributed by atoms with Crippen molar-refractivity contribution in [3.8, 4) is 11.5 Å². The molecule has 0 saturated carbocycles. The molecule has 0 saturated heterocycles. The second-order valence-electron chi connectivity index (χ2n) is 12.8. The first-order valence-electron chi connectivity index (χ1n) is 11.5. The van der Waals surface area contributed by atoms with Crippen LogP contribution in [-0.2, 0) is 21.7 Å². The summed E-state index contributed by atoms with van der Waals surface area (Å²) >= 11 is 0. The molecule has 0 radical (unpaired) electrons. The molecule has 0 aromatic heterocycles. The first-order chi connectivity index (χ1) is 14.6. The Kier molecular flexibility index (Phi) is 9.22. The van der Waals surface area contributed by atoms with E-state index in [-0.39, 0.29) is 21.7 Å². The maximum atomic E-state index is 9.84. The van der Waals surface area contributed by atoms with Gasteiger partial charge in [0.25, 0.3) is 0 Å². The summed E-state index contributed by atoms with van der Waals surface area (Å²) in [7, 11) is -2.38. The maximum Gasteiger partial charge on any atom is 0.391 e. The lowest BCUT2D eigenvalue weighted by Crippen LogP contribution is -2.17. The number of phenolic OH excluding ortho intramolecular Hbond substituents is 1. The quantitative estimate of drug-likeness (QED) is 0.386. The number of hydrogen-bond donors (Lipinski definition) is 3. The van der Waals surface area contributed by atoms with Gasteiger partial charge in [-0.2, -0.15) is 0 Å². The highest BCUT2D eigenvalue weighted by atomic mass is 31.2. The molecule has 4 nitrogen and oxygen atoms in total. The summed E-state index contributed by atoms with van der Waals surface area (Å²) in [5, 5.41) is 9.84. The lowest BCUT2D eigenvalue weighted by atomic mass is 9.80. The van der Waals surface area contributed by atoms with Crippen molar-refractivity contribution in [3.63, 3.8) is 0 Å². The zero-order chi connectivity index (χ0) is 26.0. The molecule has 33 heavy (non-hydrogen) atoms. The Morgan fingerprint density at radius 2 is 0.970 bits per heavy atom. The molecule has 0 fully saturated rings. The Balaban J connectivity index is 0.000000335. The van der Waals surface area contributed by atoms with Crippen LogP contribution in [0.1, 0.15) is 105 Å². The second-order valence-corrected chi connectivity index (χ2v) is 13.5. The minimum absolute atomic E-state index is 0.00859. The number of phenols is 1. The van der Waals surface area contributed by atoms with Gasteiger partial charge in [-0.05, 0) is 50.5 Å². The number of hydrogen-bond acceptors (Lipinski definition) is 4. The molecule has 0 unspecified atom stereocenters. The van der Waals surface area contributed by atoms with Gasteiger partial charge in [0.1, 0.15) is 11.5 Å². The third-order valence-electron chi connectivity index (χ3n) is 5.50. The minimum Gasteiger partial charge on any atom is -0.508 e. The fraction of sp³-hybridized carbons (Fsp3) is 0.571. The molecular formula is C28H45O4P. The van der Waals surface area contributed by atoms with Crippen LogP contribution in [0.3, 0.4) is 0 Å². The summed E-state index contributed by atoms with van der Waals surface area (Å²) in [6.07, 6.45) is 0. The Labute approximate surface area is 203 Å². The van der Waals surface area contributed by atoms with E-state index >= 15 is 0 Å². The van der Waals surface area contributed by atoms with Gasteiger partial charge in [0.2, 0.25) is 0 Å². The van der Waals surface area contributed by atoms with Crippen LogP contribution in [0.15, 0.2) is 36.4 Å². The van der Waals surface area contributed by atoms with Gasteiger partial charge >= 0.3 is 8.60 Å². The van der Waals surface area contributed by atoms with Crippen LogP contribution in [0.5, 0.6) is 11.5 Å². The molecule has 0 amide bonds. The lowest BCUT2D eigenvalue weighted by molar-refractivity contribution is 0.369. The molecule has 0 aliphatic carbocycles. The maximum absolute atomic E-state index is 9.84. The van der Waals surface area contributed by atoms with E-state index in [0.29, 0.717) is 11.5 Å². The van der Waals surface area contributed by atoms with E-state index in [1.165, 1.54) is 11.1 Å². The van der Waals surface area contributed by atoms with E-state index in [0.717, 1.165) is 11.1 Å². The molecule has 5 heteroatoms. The van der Waals surface area contributed by atoms with Crippen LogP contribution in [0.2, 0.25) is 0 Å². The average molecular weight is 477 g/mol. The van der Waals surface area contributed by atoms with Crippen LogP contribution in [0.4, 0.5) is 0 Å². The van der Waals surface area contributed by atoms with Gasteiger partial charge in [0.05, 0.1) is 0 Å². The van der Waals surface area contributed by atoms with Crippen molar-refractivity contribution in [2.45, 2.75) is 105 Å². The van der Waals surface area contributed by atoms with Crippen molar-refractivity contribution < 1.29 is 19.4 Å². The summed E-state index contributed by atoms with van der Waals surface area (Å²) in [5.74, 6) is 0.946. The highest BCUT2D eigenvalue weighted by Crippen LogP contribution is 2.40. The fourth-order valence-electron chi connectivity index (χ4n) is 3.35. The molecule has 0 aliphatic rings. The van der Waals surface area contributed by atoms with Crippen LogP contribution in [-0.4, -0.2) is 14.9 Å². The normalized spacial score (nSPS) is 12.9. The Hall–Kier alpha value is -1.61. The predicted octanol–water partition coefficient (Wildman–Crippen LogP) is 7.86. The van der Waals surface area contributed by atoms with E-state index in [2.05, 4.69) is 95.2 Å². The van der Waals surface area contributed by atoms with Gasteiger partial charge in [0, 0.05) is 5.56 Å². The first kappa shape index (κ1) is 29.4. The zero-order valence-electron chi connectivity index (χ0n) is 22.7. The van der Waals surface area contributed by atoms with E-state index < -0.39 is 8.60 Å². The van der Waals surface area contributed by atoms with Gasteiger partial charge in [-0.25, -0.2) is 0 Å². The molecule has 0 atom stereocenters. The standard InChI is InChI=1S/C14H23O3P.C14H22O/c1-13(2,3)10-7-8-12(17-18(15)16)11(9-10)14(4,5)6;1-13(2,3)10-7-8-12(15)11(9-10)14(4,5)6/h7-9,15-16H,1-6H3;7-9,15H,1-6H3. The first-order valence-corrected chi connectivity index (χ1v) is 12.7. The molecule has 0 aliphatic heterocycles. The molecular weight excluding hydrogens is 431 g/mol. The molecule has 2 aromatic rings. The van der Waals surface area contributed by atoms with Gasteiger partial charge in [-0.15, -0.1) is 0 Å². The van der Waals surface area contributed by atoms with E-state index in [1.807, 2.05) is 18.2 Å². The summed E-state index contributed by atoms with van der Waals surface area (Å²) in [4.78, 5) is 18.0. The Morgan fingerprint density at radius 3 is 1.33 bits per heavy atom. The van der Waals surface area contributed by atoms with Gasteiger partial charge in [-0.1, -0.05) is 107 Å². The number of rotatable bonds is 2. The van der Waals surface area contributed by atoms with E-state index in [9.17, 15) is 5.11 Å². The summed E-state index contributed by atoms with van der Waals surface area (Å²) in [6, 6.07) is 11.8. The monoisotopic (exact) mass is 476 g/mol. The summed E-state index contributed by atoms with van der Waals surface area (Å²) < 4.78 is 5.12. The van der Waals surface area contributed by atoms with Crippen molar-refractivity contribution in [2.75, 3.05) is 0 Å². The molecule has 0 bridgehead atoms. The SMILES string of the molecule is CC(C)(C)c1ccc(O)c(C(C)(C)C)c1.CC(C)(C)c1ccc(OP(O)O)c(C(C)(C)C)c1. The number of aromatic hydroxyl groups is 1. The molecule has 3 N–H and O–H groups in total. The van der Waals surface area contributed by atoms with Crippen molar-refractivity contribution >= 4 is 8.60 Å². The van der Waals surface area contributed by atoms with E-state index in [1.54, 1.807) is 6.07 Å². The minimum atomic E-state index is -2.38. The van der Waals surface area contributed by atoms with Crippen molar-refractivity contribution in [1.82, 2.24) is 0 Å². The molecule has 2 aromatic carbocycles. The largest absolute Gasteiger partial charge is 0.508 e. The third-order valence-corrected chi connectivity index (χ3v) is 5.86. The highest BCUT2D eigenvalue weighted by Gasteiger charge is 2.24. The van der Waals surface area contributed by atoms with Gasteiger partial charge in [0.15, 0.2) is 0 Å². The lowest BCUT2D eigenvalue weighted by Gasteiger charge is -2.27. The average Bonchev–Trinajstić information content (AvgIpc) is 2.58. The third kappa shape index (κ3) is 8.92. The van der Waals surface area contributed by atoms with Crippen LogP contribution in [0, 0.1) is 0 Å². The molecule has 2 rings (SSSR count). The Morgan fingerprint density at radius 1 is 0.576 bits per heavy atom. The van der Waals surface area contributed by atoms with Gasteiger partial charge in [-0.3, -0.25) is 0 Å². The van der Waals surface area contributed by atoms with Crippen LogP contribution in [0.25, 0.3) is 0 Å². The van der Waals surface area contributed by atoms with Gasteiger partial charge < -0.3 is 19.4 Å². The highest BCUT2D eigenvalue weighted by molar-refractivity contribution is 7.39. The molecule has 186 valence electrons. The van der Waals surface area contributed by atoms with Crippen LogP contribution >= 0.6 is 8.60 Å². The van der Waals surface area contributed by atoms with E-state index in [4.69, 9.17) is 14.3 Å². The molecule has 0 heterocycles. The van der Waals surface area contributed by atoms with Crippen LogP contribution < -0.4 is 4.52 Å². The second kappa shape index (κ2) is 10.3. The van der Waals surface area contributed by atoms with Crippen molar-refractivity contribution in [1.29, 1.82) is 0 Å². The fourth-order valence-corrected chi connectivity index (χ4v) is 3.69. The topological polar surface area (TPSA) is 69.9 Å².